The second-order valence-corrected chi connectivity index (χ2v) is 15.5. The molecule has 3 N–H and O–H groups in total. The minimum atomic E-state index is -0.548. The highest BCUT2D eigenvalue weighted by molar-refractivity contribution is 6.32. The van der Waals surface area contributed by atoms with Crippen LogP contribution in [0.3, 0.4) is 0 Å². The summed E-state index contributed by atoms with van der Waals surface area (Å²) in [6.45, 7) is 1.57. The van der Waals surface area contributed by atoms with Gasteiger partial charge in [0, 0.05) is 60.0 Å². The highest BCUT2D eigenvalue weighted by Crippen LogP contribution is 2.40. The number of anilines is 2. The number of methoxy groups -OCH3 is 1. The van der Waals surface area contributed by atoms with Gasteiger partial charge in [-0.3, -0.25) is 24.8 Å². The Labute approximate surface area is 318 Å². The number of amides is 2. The van der Waals surface area contributed by atoms with Crippen LogP contribution >= 0.6 is 11.6 Å². The number of rotatable bonds is 9. The van der Waals surface area contributed by atoms with Crippen LogP contribution in [-0.4, -0.2) is 52.8 Å². The first-order valence-corrected chi connectivity index (χ1v) is 19.2. The lowest BCUT2D eigenvalue weighted by Crippen LogP contribution is -2.47. The molecule has 2 aromatic heterocycles. The van der Waals surface area contributed by atoms with Crippen LogP contribution < -0.4 is 25.8 Å². The van der Waals surface area contributed by atoms with Crippen LogP contribution in [0, 0.1) is 17.7 Å². The first-order valence-electron chi connectivity index (χ1n) is 18.8. The van der Waals surface area contributed by atoms with Gasteiger partial charge in [-0.1, -0.05) is 29.8 Å². The summed E-state index contributed by atoms with van der Waals surface area (Å²) < 4.78 is 22.8. The zero-order valence-electron chi connectivity index (χ0n) is 30.5. The van der Waals surface area contributed by atoms with Crippen molar-refractivity contribution in [3.63, 3.8) is 0 Å². The molecule has 54 heavy (non-hydrogen) atoms. The van der Waals surface area contributed by atoms with Crippen molar-refractivity contribution in [3.05, 3.63) is 104 Å². The topological polar surface area (TPSA) is 121 Å². The molecule has 2 atom stereocenters. The Kier molecular flexibility index (Phi) is 9.91. The molecule has 8 rings (SSSR count). The Balaban J connectivity index is 0.898. The molecule has 0 saturated carbocycles. The molecule has 2 saturated heterocycles. The number of aromatic nitrogens is 3. The van der Waals surface area contributed by atoms with E-state index in [-0.39, 0.29) is 29.6 Å². The molecular weight excluding hydrogens is 707 g/mol. The average molecular weight is 751 g/mol. The SMILES string of the molecule is COc1cc(-c2cn(C)c(=O)c3[nH]ncc23)cc(Cl)c1CC1CCc2c(CC3CCN(c4ccc(NC5CCC(=O)NC5=O)cc4F)CC3)cccc2C1. The van der Waals surface area contributed by atoms with E-state index in [2.05, 4.69) is 43.9 Å². The van der Waals surface area contributed by atoms with Crippen LogP contribution in [0.5, 0.6) is 5.75 Å². The third kappa shape index (κ3) is 7.09. The molecular formula is C42H44ClFN6O4. The van der Waals surface area contributed by atoms with E-state index in [1.807, 2.05) is 24.4 Å². The summed E-state index contributed by atoms with van der Waals surface area (Å²) in [4.78, 5) is 38.3. The van der Waals surface area contributed by atoms with Gasteiger partial charge in [-0.2, -0.15) is 5.10 Å². The number of pyridine rings is 1. The molecule has 3 aliphatic rings. The van der Waals surface area contributed by atoms with Crippen molar-refractivity contribution in [3.8, 4) is 16.9 Å². The van der Waals surface area contributed by atoms with Crippen LogP contribution in [-0.2, 0) is 42.3 Å². The van der Waals surface area contributed by atoms with Crippen molar-refractivity contribution in [2.75, 3.05) is 30.4 Å². The zero-order chi connectivity index (χ0) is 37.5. The molecule has 0 radical (unpaired) electrons. The number of hydrogen-bond donors (Lipinski definition) is 3. The molecule has 0 spiro atoms. The van der Waals surface area contributed by atoms with Gasteiger partial charge in [0.05, 0.1) is 19.0 Å². The summed E-state index contributed by atoms with van der Waals surface area (Å²) in [5, 5.41) is 13.7. The third-order valence-corrected chi connectivity index (χ3v) is 12.0. The standard InChI is InChI=1S/C42H44ClFN6O4/c1-49-23-33(32-22-45-48-40(32)42(49)53)28-19-34(43)31(38(20-28)54-2)18-25-6-8-30-26(4-3-5-27(30)17-25)16-24-12-14-50(15-13-24)37-10-7-29(21-35(37)44)46-36-9-11-39(51)47-41(36)52/h3-5,7,10,19-25,36,46H,6,8-9,11-18H2,1-2H3,(H,45,48)(H,47,51,52). The number of nitrogens with zero attached hydrogens (tertiary/aromatic N) is 3. The number of imide groups is 1. The van der Waals surface area contributed by atoms with Gasteiger partial charge >= 0.3 is 0 Å². The second-order valence-electron chi connectivity index (χ2n) is 15.1. The van der Waals surface area contributed by atoms with E-state index in [1.54, 1.807) is 31.0 Å². The Bertz CT molecular complexity index is 2310. The van der Waals surface area contributed by atoms with E-state index in [0.29, 0.717) is 40.2 Å². The lowest BCUT2D eigenvalue weighted by atomic mass is 9.77. The van der Waals surface area contributed by atoms with Crippen molar-refractivity contribution in [2.24, 2.45) is 18.9 Å². The van der Waals surface area contributed by atoms with Gasteiger partial charge < -0.3 is 19.5 Å². The first-order chi connectivity index (χ1) is 26.1. The van der Waals surface area contributed by atoms with Gasteiger partial charge in [0.2, 0.25) is 11.8 Å². The molecule has 2 aliphatic heterocycles. The Hall–Kier alpha value is -5.16. The molecule has 12 heteroatoms. The summed E-state index contributed by atoms with van der Waals surface area (Å²) in [5.74, 6) is 0.734. The van der Waals surface area contributed by atoms with Crippen molar-refractivity contribution in [1.82, 2.24) is 20.1 Å². The normalized spacial score (nSPS) is 19.1. The molecule has 3 aromatic carbocycles. The lowest BCUT2D eigenvalue weighted by molar-refractivity contribution is -0.133. The number of aromatic amines is 1. The number of hydrogen-bond acceptors (Lipinski definition) is 7. The quantitative estimate of drug-likeness (QED) is 0.143. The fourth-order valence-corrected chi connectivity index (χ4v) is 9.01. The molecule has 5 aromatic rings. The number of ether oxygens (including phenoxy) is 1. The summed E-state index contributed by atoms with van der Waals surface area (Å²) in [6.07, 6.45) is 11.0. The fourth-order valence-electron chi connectivity index (χ4n) is 8.72. The summed E-state index contributed by atoms with van der Waals surface area (Å²) in [5.41, 5.74) is 8.50. The van der Waals surface area contributed by atoms with Gasteiger partial charge in [0.25, 0.3) is 5.56 Å². The number of nitrogens with one attached hydrogen (secondary N) is 3. The minimum Gasteiger partial charge on any atom is -0.496 e. The third-order valence-electron chi connectivity index (χ3n) is 11.6. The zero-order valence-corrected chi connectivity index (χ0v) is 31.3. The molecule has 4 heterocycles. The Morgan fingerprint density at radius 2 is 1.83 bits per heavy atom. The van der Waals surface area contributed by atoms with Crippen LogP contribution in [0.25, 0.3) is 22.0 Å². The van der Waals surface area contributed by atoms with Crippen LogP contribution in [0.2, 0.25) is 5.02 Å². The van der Waals surface area contributed by atoms with Gasteiger partial charge in [0.1, 0.15) is 23.1 Å². The Morgan fingerprint density at radius 3 is 2.61 bits per heavy atom. The van der Waals surface area contributed by atoms with Crippen molar-refractivity contribution < 1.29 is 18.7 Å². The Morgan fingerprint density at radius 1 is 1.00 bits per heavy atom. The number of benzene rings is 3. The molecule has 280 valence electrons. The van der Waals surface area contributed by atoms with Crippen molar-refractivity contribution in [2.45, 2.75) is 63.8 Å². The maximum atomic E-state index is 15.3. The van der Waals surface area contributed by atoms with Gasteiger partial charge in [-0.05, 0) is 116 Å². The number of aryl methyl sites for hydroxylation is 1. The predicted molar refractivity (Wildman–Crippen MR) is 209 cm³/mol. The lowest BCUT2D eigenvalue weighted by Gasteiger charge is -2.35. The summed E-state index contributed by atoms with van der Waals surface area (Å²) >= 11 is 7.00. The van der Waals surface area contributed by atoms with Gasteiger partial charge in [-0.25, -0.2) is 4.39 Å². The highest BCUT2D eigenvalue weighted by atomic mass is 35.5. The largest absolute Gasteiger partial charge is 0.496 e. The molecule has 2 amide bonds. The van der Waals surface area contributed by atoms with E-state index in [1.165, 1.54) is 22.8 Å². The van der Waals surface area contributed by atoms with E-state index in [0.717, 1.165) is 85.9 Å². The van der Waals surface area contributed by atoms with E-state index in [4.69, 9.17) is 16.3 Å². The average Bonchev–Trinajstić information content (AvgIpc) is 3.66. The second kappa shape index (κ2) is 14.9. The number of carbonyl (C=O) groups excluding carboxylic acids is 2. The summed E-state index contributed by atoms with van der Waals surface area (Å²) in [6, 6.07) is 15.2. The van der Waals surface area contributed by atoms with E-state index < -0.39 is 6.04 Å². The maximum absolute atomic E-state index is 15.3. The number of halogens is 2. The first kappa shape index (κ1) is 35.8. The van der Waals surface area contributed by atoms with Gasteiger partial charge in [0.15, 0.2) is 0 Å². The van der Waals surface area contributed by atoms with Crippen LogP contribution in [0.1, 0.15) is 54.4 Å². The molecule has 2 fully saturated rings. The smallest absolute Gasteiger partial charge is 0.276 e. The monoisotopic (exact) mass is 750 g/mol. The van der Waals surface area contributed by atoms with Crippen LogP contribution in [0.4, 0.5) is 15.8 Å². The molecule has 10 nitrogen and oxygen atoms in total. The van der Waals surface area contributed by atoms with Crippen LogP contribution in [0.15, 0.2) is 65.7 Å². The van der Waals surface area contributed by atoms with E-state index >= 15 is 4.39 Å². The number of piperidine rings is 2. The number of carbonyl (C=O) groups is 2. The van der Waals surface area contributed by atoms with Crippen molar-refractivity contribution in [1.29, 1.82) is 0 Å². The maximum Gasteiger partial charge on any atom is 0.276 e. The fraction of sp³-hybridized carbons (Fsp3) is 0.381. The number of H-pyrrole nitrogens is 1. The summed E-state index contributed by atoms with van der Waals surface area (Å²) in [7, 11) is 3.41. The molecule has 0 bridgehead atoms. The van der Waals surface area contributed by atoms with E-state index in [9.17, 15) is 14.4 Å². The molecule has 1 aliphatic carbocycles. The predicted octanol–water partition coefficient (Wildman–Crippen LogP) is 6.75. The van der Waals surface area contributed by atoms with Crippen molar-refractivity contribution >= 4 is 45.7 Å². The minimum absolute atomic E-state index is 0.133. The molecule has 2 unspecified atom stereocenters. The number of fused-ring (bicyclic) bond motifs is 2. The van der Waals surface area contributed by atoms with Gasteiger partial charge in [-0.15, -0.1) is 0 Å². The highest BCUT2D eigenvalue weighted by Gasteiger charge is 2.29.